The average Bonchev–Trinajstić information content (AvgIpc) is 3.45. The van der Waals surface area contributed by atoms with Crippen LogP contribution >= 0.6 is 7.82 Å². The summed E-state index contributed by atoms with van der Waals surface area (Å²) in [4.78, 5) is 48.7. The molecule has 0 bridgehead atoms. The van der Waals surface area contributed by atoms with Gasteiger partial charge in [-0.1, -0.05) is 218 Å². The van der Waals surface area contributed by atoms with Crippen molar-refractivity contribution in [2.24, 2.45) is 0 Å². The van der Waals surface area contributed by atoms with Crippen molar-refractivity contribution in [3.8, 4) is 0 Å². The van der Waals surface area contributed by atoms with Gasteiger partial charge in [-0.05, 0) is 135 Å². The largest absolute Gasteiger partial charge is 0.472 e. The molecule has 452 valence electrons. The normalized spacial score (nSPS) is 14.3. The van der Waals surface area contributed by atoms with Crippen LogP contribution in [-0.2, 0) is 42.2 Å². The monoisotopic (exact) mass is 1130 g/mol. The van der Waals surface area contributed by atoms with E-state index in [1.807, 2.05) is 6.08 Å². The van der Waals surface area contributed by atoms with Gasteiger partial charge in [0, 0.05) is 19.3 Å². The second-order valence-corrected chi connectivity index (χ2v) is 21.2. The summed E-state index contributed by atoms with van der Waals surface area (Å²) < 4.78 is 39.5. The van der Waals surface area contributed by atoms with Gasteiger partial charge in [0.05, 0.1) is 19.8 Å². The van der Waals surface area contributed by atoms with Crippen molar-refractivity contribution in [3.63, 3.8) is 0 Å². The first-order valence-corrected chi connectivity index (χ1v) is 32.2. The molecule has 0 aliphatic carbocycles. The van der Waals surface area contributed by atoms with E-state index in [0.29, 0.717) is 25.7 Å². The number of ether oxygens (including phenoxy) is 3. The molecule has 0 amide bonds. The highest BCUT2D eigenvalue weighted by molar-refractivity contribution is 7.47. The first-order chi connectivity index (χ1) is 39.2. The highest BCUT2D eigenvalue weighted by atomic mass is 31.2. The standard InChI is InChI=1S/C68H109O11P/c1-4-7-10-13-16-19-22-25-28-31-32-35-38-41-44-47-50-53-56-59-68(72)79-65(61-75-66(70)57-54-51-48-45-42-39-36-33-29-26-23-20-17-14-11-8-5-2)63-77-80(73,74)76-62-64(60-69)78-67(71)58-55-52-49-46-43-40-37-34-30-27-24-21-18-15-12-9-6-3/h8-9,11-12,16-21,25-30,32,35-37,39-40,45,48,64-65,69H,4-7,10,13-15,22-24,31,33-34,38,41-44,46-47,49-63H2,1-3H3,(H,73,74)/b11-8-,12-9-,19-16-,20-17-,21-18-,28-25-,29-26-,30-27-,35-32-,39-36-,40-37-,48-45-. The van der Waals surface area contributed by atoms with Gasteiger partial charge in [-0.15, -0.1) is 0 Å². The van der Waals surface area contributed by atoms with Gasteiger partial charge in [0.15, 0.2) is 6.10 Å². The summed E-state index contributed by atoms with van der Waals surface area (Å²) in [6.07, 6.45) is 78.0. The van der Waals surface area contributed by atoms with Crippen molar-refractivity contribution in [2.45, 2.75) is 238 Å². The van der Waals surface area contributed by atoms with Crippen LogP contribution in [0.3, 0.4) is 0 Å². The maximum atomic E-state index is 12.9. The Balaban J connectivity index is 4.86. The van der Waals surface area contributed by atoms with E-state index in [2.05, 4.69) is 161 Å². The first kappa shape index (κ1) is 75.4. The van der Waals surface area contributed by atoms with Gasteiger partial charge < -0.3 is 24.2 Å². The lowest BCUT2D eigenvalue weighted by molar-refractivity contribution is -0.161. The Kier molecular flexibility index (Phi) is 56.9. The van der Waals surface area contributed by atoms with E-state index in [9.17, 15) is 28.9 Å². The van der Waals surface area contributed by atoms with E-state index < -0.39 is 57.8 Å². The third-order valence-corrected chi connectivity index (χ3v) is 13.2. The van der Waals surface area contributed by atoms with Crippen LogP contribution in [0.4, 0.5) is 0 Å². The number of aliphatic hydroxyl groups is 1. The molecule has 11 nitrogen and oxygen atoms in total. The Morgan fingerprint density at radius 3 is 1.04 bits per heavy atom. The Morgan fingerprint density at radius 1 is 0.362 bits per heavy atom. The number of hydrogen-bond donors (Lipinski definition) is 2. The van der Waals surface area contributed by atoms with Crippen molar-refractivity contribution in [1.29, 1.82) is 0 Å². The molecule has 2 N–H and O–H groups in total. The fourth-order valence-electron chi connectivity index (χ4n) is 7.62. The molecule has 0 heterocycles. The van der Waals surface area contributed by atoms with Gasteiger partial charge in [-0.2, -0.15) is 0 Å². The maximum absolute atomic E-state index is 12.9. The molecule has 0 aromatic carbocycles. The first-order valence-electron chi connectivity index (χ1n) is 30.7. The summed E-state index contributed by atoms with van der Waals surface area (Å²) in [6.45, 7) is 4.27. The molecule has 0 spiro atoms. The zero-order valence-corrected chi connectivity index (χ0v) is 50.9. The Morgan fingerprint density at radius 2 is 0.662 bits per heavy atom. The maximum Gasteiger partial charge on any atom is 0.472 e. The van der Waals surface area contributed by atoms with Crippen LogP contribution in [0.1, 0.15) is 226 Å². The van der Waals surface area contributed by atoms with E-state index in [0.717, 1.165) is 135 Å². The van der Waals surface area contributed by atoms with Gasteiger partial charge in [0.1, 0.15) is 12.7 Å². The number of esters is 3. The number of phosphoric ester groups is 1. The fraction of sp³-hybridized carbons (Fsp3) is 0.603. The molecular weight excluding hydrogens is 1020 g/mol. The molecule has 0 radical (unpaired) electrons. The highest BCUT2D eigenvalue weighted by Gasteiger charge is 2.28. The summed E-state index contributed by atoms with van der Waals surface area (Å²) in [6, 6.07) is 0. The highest BCUT2D eigenvalue weighted by Crippen LogP contribution is 2.43. The lowest BCUT2D eigenvalue weighted by atomic mass is 10.1. The van der Waals surface area contributed by atoms with Gasteiger partial charge in [-0.3, -0.25) is 23.4 Å². The molecule has 0 aromatic rings. The molecule has 0 rings (SSSR count). The molecule has 0 saturated heterocycles. The molecule has 12 heteroatoms. The molecule has 3 unspecified atom stereocenters. The van der Waals surface area contributed by atoms with Crippen LogP contribution in [0.25, 0.3) is 0 Å². The predicted molar refractivity (Wildman–Crippen MR) is 334 cm³/mol. The van der Waals surface area contributed by atoms with Crippen LogP contribution in [0.5, 0.6) is 0 Å². The quantitative estimate of drug-likeness (QED) is 0.0197. The van der Waals surface area contributed by atoms with Crippen molar-refractivity contribution in [2.75, 3.05) is 26.4 Å². The number of rotatable bonds is 55. The smallest absolute Gasteiger partial charge is 0.462 e. The summed E-state index contributed by atoms with van der Waals surface area (Å²) in [5.41, 5.74) is 0. The Hall–Kier alpha value is -4.64. The molecule has 0 aromatic heterocycles. The van der Waals surface area contributed by atoms with E-state index in [-0.39, 0.29) is 25.9 Å². The minimum absolute atomic E-state index is 0.130. The zero-order chi connectivity index (χ0) is 58.3. The molecule has 80 heavy (non-hydrogen) atoms. The Bertz CT molecular complexity index is 1900. The number of aliphatic hydroxyl groups excluding tert-OH is 1. The SMILES string of the molecule is CC/C=C\C/C=C\C/C=C\C/C=C\C/C=C\CCCC(=O)OCC(COP(=O)(O)OCC(CO)OC(=O)CCCCCC/C=C\C/C=C\C/C=C\C/C=C\CC)OC(=O)CCCCCCCC/C=C\C/C=C\C/C=C\CCCCC. The average molecular weight is 1130 g/mol. The van der Waals surface area contributed by atoms with Crippen LogP contribution in [0.15, 0.2) is 146 Å². The molecule has 0 aliphatic heterocycles. The van der Waals surface area contributed by atoms with Crippen molar-refractivity contribution in [1.82, 2.24) is 0 Å². The zero-order valence-electron chi connectivity index (χ0n) is 50.0. The number of carbonyl (C=O) groups is 3. The molecular formula is C68H109O11P. The van der Waals surface area contributed by atoms with Crippen LogP contribution < -0.4 is 0 Å². The van der Waals surface area contributed by atoms with Crippen molar-refractivity contribution in [3.05, 3.63) is 146 Å². The summed E-state index contributed by atoms with van der Waals surface area (Å²) in [5, 5.41) is 9.84. The Labute approximate surface area is 486 Å². The minimum atomic E-state index is -4.79. The van der Waals surface area contributed by atoms with Crippen molar-refractivity contribution < 1.29 is 52.2 Å². The van der Waals surface area contributed by atoms with Gasteiger partial charge in [0.2, 0.25) is 0 Å². The molecule has 0 saturated carbocycles. The summed E-state index contributed by atoms with van der Waals surface area (Å²) in [5.74, 6) is -1.59. The lowest BCUT2D eigenvalue weighted by Gasteiger charge is -2.21. The van der Waals surface area contributed by atoms with E-state index in [4.69, 9.17) is 23.3 Å². The number of hydrogen-bond acceptors (Lipinski definition) is 10. The van der Waals surface area contributed by atoms with Crippen LogP contribution in [0, 0.1) is 0 Å². The van der Waals surface area contributed by atoms with E-state index in [1.165, 1.54) is 25.7 Å². The van der Waals surface area contributed by atoms with E-state index >= 15 is 0 Å². The van der Waals surface area contributed by atoms with Gasteiger partial charge >= 0.3 is 25.7 Å². The second-order valence-electron chi connectivity index (χ2n) is 19.7. The van der Waals surface area contributed by atoms with E-state index in [1.54, 1.807) is 0 Å². The second kappa shape index (κ2) is 60.5. The number of unbranched alkanes of at least 4 members (excludes halogenated alkanes) is 14. The van der Waals surface area contributed by atoms with Crippen LogP contribution in [-0.4, -0.2) is 66.5 Å². The number of carbonyl (C=O) groups excluding carboxylic acids is 3. The third-order valence-electron chi connectivity index (χ3n) is 12.2. The topological polar surface area (TPSA) is 155 Å². The fourth-order valence-corrected chi connectivity index (χ4v) is 8.41. The summed E-state index contributed by atoms with van der Waals surface area (Å²) in [7, 11) is -4.79. The minimum Gasteiger partial charge on any atom is -0.462 e. The molecule has 0 fully saturated rings. The number of allylic oxidation sites excluding steroid dienone is 24. The van der Waals surface area contributed by atoms with Gasteiger partial charge in [0.25, 0.3) is 0 Å². The van der Waals surface area contributed by atoms with Gasteiger partial charge in [-0.25, -0.2) is 4.57 Å². The van der Waals surface area contributed by atoms with Crippen molar-refractivity contribution >= 4 is 25.7 Å². The third kappa shape index (κ3) is 58.0. The molecule has 0 aliphatic rings. The molecule has 3 atom stereocenters. The number of phosphoric acid groups is 1. The predicted octanol–water partition coefficient (Wildman–Crippen LogP) is 18.7. The summed E-state index contributed by atoms with van der Waals surface area (Å²) >= 11 is 0. The lowest BCUT2D eigenvalue weighted by Crippen LogP contribution is -2.30. The van der Waals surface area contributed by atoms with Crippen LogP contribution in [0.2, 0.25) is 0 Å².